The molecule has 7 nitrogen and oxygen atoms in total. The molecule has 1 atom stereocenters. The molecule has 0 aliphatic heterocycles. The summed E-state index contributed by atoms with van der Waals surface area (Å²) in [4.78, 5) is 26.0. The number of hydrogen-bond donors (Lipinski definition) is 3. The Hall–Kier alpha value is -3.75. The molecule has 3 rings (SSSR count). The smallest absolute Gasteiger partial charge is 0.266 e. The van der Waals surface area contributed by atoms with E-state index in [0.717, 1.165) is 16.7 Å². The molecule has 0 saturated carbocycles. The van der Waals surface area contributed by atoms with Gasteiger partial charge in [0.1, 0.15) is 0 Å². The molecule has 2 amide bonds. The first-order chi connectivity index (χ1) is 19.5. The van der Waals surface area contributed by atoms with Gasteiger partial charge in [-0.1, -0.05) is 102 Å². The molecule has 8 heteroatoms. The van der Waals surface area contributed by atoms with Crippen LogP contribution >= 0.6 is 0 Å². The van der Waals surface area contributed by atoms with Gasteiger partial charge in [-0.3, -0.25) is 14.1 Å². The lowest BCUT2D eigenvalue weighted by atomic mass is 9.84. The lowest BCUT2D eigenvalue weighted by Gasteiger charge is -2.22. The van der Waals surface area contributed by atoms with Crippen molar-refractivity contribution in [2.45, 2.75) is 59.3 Å². The summed E-state index contributed by atoms with van der Waals surface area (Å²) in [5.41, 5.74) is 5.11. The van der Waals surface area contributed by atoms with E-state index in [2.05, 4.69) is 76.5 Å². The molecule has 0 aromatic heterocycles. The first-order valence-corrected chi connectivity index (χ1v) is 15.6. The van der Waals surface area contributed by atoms with E-state index in [4.69, 9.17) is 4.55 Å². The SMILES string of the molecule is CC(C)(C)/C=C/c1ccc(NC(=O)C(Cc2ccc(C(=O)NCCS(=O)(=O)O)cc2)c2ccc(C(C)(C)C)cc2)cc1. The van der Waals surface area contributed by atoms with Gasteiger partial charge >= 0.3 is 0 Å². The number of nitrogens with one attached hydrogen (secondary N) is 2. The highest BCUT2D eigenvalue weighted by Gasteiger charge is 2.23. The maximum atomic E-state index is 13.7. The molecule has 3 N–H and O–H groups in total. The van der Waals surface area contributed by atoms with Crippen molar-refractivity contribution >= 4 is 33.7 Å². The van der Waals surface area contributed by atoms with E-state index in [1.165, 1.54) is 5.56 Å². The molecule has 0 bridgehead atoms. The van der Waals surface area contributed by atoms with E-state index in [1.54, 1.807) is 24.3 Å². The van der Waals surface area contributed by atoms with Crippen LogP contribution in [0.4, 0.5) is 5.69 Å². The number of allylic oxidation sites excluding steroid dienone is 1. The van der Waals surface area contributed by atoms with Crippen LogP contribution in [-0.4, -0.2) is 37.1 Å². The predicted octanol–water partition coefficient (Wildman–Crippen LogP) is 6.63. The Bertz CT molecular complexity index is 1490. The van der Waals surface area contributed by atoms with Crippen molar-refractivity contribution in [2.24, 2.45) is 5.41 Å². The van der Waals surface area contributed by atoms with Crippen LogP contribution in [0.3, 0.4) is 0 Å². The minimum Gasteiger partial charge on any atom is -0.351 e. The Labute approximate surface area is 250 Å². The lowest BCUT2D eigenvalue weighted by Crippen LogP contribution is -2.28. The van der Waals surface area contributed by atoms with E-state index in [1.807, 2.05) is 36.4 Å². The fourth-order valence-corrected chi connectivity index (χ4v) is 4.61. The van der Waals surface area contributed by atoms with Crippen molar-refractivity contribution in [3.63, 3.8) is 0 Å². The number of amides is 2. The van der Waals surface area contributed by atoms with Gasteiger partial charge in [-0.05, 0) is 63.8 Å². The zero-order valence-electron chi connectivity index (χ0n) is 25.3. The van der Waals surface area contributed by atoms with Crippen LogP contribution < -0.4 is 10.6 Å². The summed E-state index contributed by atoms with van der Waals surface area (Å²) in [5, 5.41) is 5.55. The molecule has 3 aromatic rings. The average molecular weight is 591 g/mol. The zero-order chi connectivity index (χ0) is 31.1. The van der Waals surface area contributed by atoms with Gasteiger partial charge in [0, 0.05) is 17.8 Å². The van der Waals surface area contributed by atoms with Gasteiger partial charge in [-0.15, -0.1) is 0 Å². The Morgan fingerprint density at radius 2 is 1.45 bits per heavy atom. The topological polar surface area (TPSA) is 113 Å². The van der Waals surface area contributed by atoms with Gasteiger partial charge in [0.25, 0.3) is 16.0 Å². The van der Waals surface area contributed by atoms with E-state index in [0.29, 0.717) is 17.7 Å². The van der Waals surface area contributed by atoms with Crippen LogP contribution in [0.1, 0.15) is 80.1 Å². The summed E-state index contributed by atoms with van der Waals surface area (Å²) in [7, 11) is -4.16. The van der Waals surface area contributed by atoms with Gasteiger partial charge in [-0.25, -0.2) is 0 Å². The summed E-state index contributed by atoms with van der Waals surface area (Å²) >= 11 is 0. The second-order valence-electron chi connectivity index (χ2n) is 12.7. The minimum atomic E-state index is -4.16. The van der Waals surface area contributed by atoms with Crippen LogP contribution in [0.2, 0.25) is 0 Å². The van der Waals surface area contributed by atoms with Crippen molar-refractivity contribution in [1.82, 2.24) is 5.32 Å². The molecule has 0 fully saturated rings. The van der Waals surface area contributed by atoms with Crippen molar-refractivity contribution in [3.05, 3.63) is 107 Å². The maximum Gasteiger partial charge on any atom is 0.266 e. The monoisotopic (exact) mass is 590 g/mol. The van der Waals surface area contributed by atoms with Gasteiger partial charge < -0.3 is 10.6 Å². The van der Waals surface area contributed by atoms with Gasteiger partial charge in [0.2, 0.25) is 5.91 Å². The Kier molecular flexibility index (Phi) is 10.5. The summed E-state index contributed by atoms with van der Waals surface area (Å²) in [5.74, 6) is -1.62. The molecule has 1 unspecified atom stereocenters. The normalized spacial score (nSPS) is 13.1. The van der Waals surface area contributed by atoms with Gasteiger partial charge in [-0.2, -0.15) is 8.42 Å². The molecule has 0 aliphatic carbocycles. The van der Waals surface area contributed by atoms with Crippen molar-refractivity contribution in [3.8, 4) is 0 Å². The summed E-state index contributed by atoms with van der Waals surface area (Å²) in [6.45, 7) is 12.7. The van der Waals surface area contributed by atoms with Crippen LogP contribution in [0, 0.1) is 5.41 Å². The highest BCUT2D eigenvalue weighted by atomic mass is 32.2. The Morgan fingerprint density at radius 3 is 1.98 bits per heavy atom. The Balaban J connectivity index is 1.79. The van der Waals surface area contributed by atoms with Crippen LogP contribution in [-0.2, 0) is 26.7 Å². The minimum absolute atomic E-state index is 0.0166. The van der Waals surface area contributed by atoms with Gasteiger partial charge in [0.05, 0.1) is 11.7 Å². The molecule has 0 heterocycles. The second-order valence-corrected chi connectivity index (χ2v) is 14.3. The first kappa shape index (κ1) is 32.8. The molecule has 0 aliphatic rings. The van der Waals surface area contributed by atoms with E-state index < -0.39 is 27.7 Å². The van der Waals surface area contributed by atoms with E-state index >= 15 is 0 Å². The number of rotatable bonds is 10. The summed E-state index contributed by atoms with van der Waals surface area (Å²) in [6, 6.07) is 22.7. The van der Waals surface area contributed by atoms with Crippen molar-refractivity contribution < 1.29 is 22.6 Å². The van der Waals surface area contributed by atoms with Crippen molar-refractivity contribution in [2.75, 3.05) is 17.6 Å². The van der Waals surface area contributed by atoms with Gasteiger partial charge in [0.15, 0.2) is 0 Å². The molecule has 42 heavy (non-hydrogen) atoms. The third kappa shape index (κ3) is 10.6. The second kappa shape index (κ2) is 13.5. The number of carbonyl (C=O) groups excluding carboxylic acids is 2. The molecule has 0 radical (unpaired) electrons. The number of hydrogen-bond acceptors (Lipinski definition) is 4. The lowest BCUT2D eigenvalue weighted by molar-refractivity contribution is -0.117. The molecule has 0 saturated heterocycles. The molecular formula is C34H42N2O5S. The third-order valence-corrected chi connectivity index (χ3v) is 7.47. The Morgan fingerprint density at radius 1 is 0.857 bits per heavy atom. The summed E-state index contributed by atoms with van der Waals surface area (Å²) < 4.78 is 30.6. The highest BCUT2D eigenvalue weighted by molar-refractivity contribution is 7.85. The number of benzene rings is 3. The zero-order valence-corrected chi connectivity index (χ0v) is 26.1. The molecular weight excluding hydrogens is 548 g/mol. The predicted molar refractivity (Wildman–Crippen MR) is 170 cm³/mol. The number of carbonyl (C=O) groups is 2. The highest BCUT2D eigenvalue weighted by Crippen LogP contribution is 2.28. The third-order valence-electron chi connectivity index (χ3n) is 6.75. The molecule has 3 aromatic carbocycles. The largest absolute Gasteiger partial charge is 0.351 e. The average Bonchev–Trinajstić information content (AvgIpc) is 2.90. The van der Waals surface area contributed by atoms with Crippen LogP contribution in [0.5, 0.6) is 0 Å². The fraction of sp³-hybridized carbons (Fsp3) is 0.353. The standard InChI is InChI=1S/C34H42N2O5S/c1-33(2,3)20-19-24-9-17-29(18-10-24)36-32(38)30(26-13-15-28(16-14-26)34(4,5)6)23-25-7-11-27(12-8-25)31(37)35-21-22-42(39,40)41/h7-20,30H,21-23H2,1-6H3,(H,35,37)(H,36,38)(H,39,40,41)/b20-19+. The van der Waals surface area contributed by atoms with Crippen LogP contribution in [0.25, 0.3) is 6.08 Å². The summed E-state index contributed by atoms with van der Waals surface area (Å²) in [6.07, 6.45) is 4.63. The van der Waals surface area contributed by atoms with Crippen molar-refractivity contribution in [1.29, 1.82) is 0 Å². The molecule has 224 valence electrons. The quantitative estimate of drug-likeness (QED) is 0.230. The fourth-order valence-electron chi connectivity index (χ4n) is 4.25. The number of anilines is 1. The van der Waals surface area contributed by atoms with E-state index in [9.17, 15) is 18.0 Å². The van der Waals surface area contributed by atoms with E-state index in [-0.39, 0.29) is 23.3 Å². The van der Waals surface area contributed by atoms with Crippen LogP contribution in [0.15, 0.2) is 78.9 Å². The first-order valence-electron chi connectivity index (χ1n) is 14.0. The molecule has 0 spiro atoms. The maximum absolute atomic E-state index is 13.7.